The molecule has 0 radical (unpaired) electrons. The lowest BCUT2D eigenvalue weighted by Gasteiger charge is -2.23. The summed E-state index contributed by atoms with van der Waals surface area (Å²) in [6, 6.07) is 10.5. The Morgan fingerprint density at radius 2 is 1.65 bits per heavy atom. The van der Waals surface area contributed by atoms with Crippen molar-refractivity contribution in [2.24, 2.45) is 5.10 Å². The SMILES string of the molecule is COc1ccc(C2=NN(C(C)=O)C(c3cccc(Cl)c3Oc3c([N+](=O)[O-])cc(C(F)(F)F)cc3[N+](=O)[O-])C2)cc1. The average molecular weight is 579 g/mol. The van der Waals surface area contributed by atoms with Gasteiger partial charge in [-0.3, -0.25) is 25.0 Å². The van der Waals surface area contributed by atoms with Gasteiger partial charge in [0.05, 0.1) is 39.3 Å². The summed E-state index contributed by atoms with van der Waals surface area (Å²) in [5.74, 6) is -1.27. The second-order valence-electron chi connectivity index (χ2n) is 8.47. The first-order valence-corrected chi connectivity index (χ1v) is 11.7. The highest BCUT2D eigenvalue weighted by Gasteiger charge is 2.40. The summed E-state index contributed by atoms with van der Waals surface area (Å²) in [6.07, 6.45) is -4.98. The molecule has 1 aliphatic rings. The molecule has 40 heavy (non-hydrogen) atoms. The van der Waals surface area contributed by atoms with Gasteiger partial charge in [0.15, 0.2) is 5.75 Å². The zero-order chi connectivity index (χ0) is 29.4. The summed E-state index contributed by atoms with van der Waals surface area (Å²) in [4.78, 5) is 33.5. The van der Waals surface area contributed by atoms with Crippen molar-refractivity contribution in [1.29, 1.82) is 0 Å². The van der Waals surface area contributed by atoms with Gasteiger partial charge < -0.3 is 9.47 Å². The van der Waals surface area contributed by atoms with Crippen molar-refractivity contribution in [3.8, 4) is 17.2 Å². The highest BCUT2D eigenvalue weighted by molar-refractivity contribution is 6.32. The number of carbonyl (C=O) groups excluding carboxylic acids is 1. The molecule has 3 aromatic rings. The minimum absolute atomic E-state index is 0.125. The van der Waals surface area contributed by atoms with Crippen LogP contribution in [0.4, 0.5) is 24.5 Å². The number of alkyl halides is 3. The van der Waals surface area contributed by atoms with Gasteiger partial charge in [-0.15, -0.1) is 0 Å². The van der Waals surface area contributed by atoms with Gasteiger partial charge in [0, 0.05) is 31.0 Å². The third-order valence-corrected chi connectivity index (χ3v) is 6.28. The summed E-state index contributed by atoms with van der Waals surface area (Å²) in [5, 5.41) is 28.8. The number of para-hydroxylation sites is 1. The van der Waals surface area contributed by atoms with Crippen LogP contribution in [0, 0.1) is 20.2 Å². The Labute approximate surface area is 228 Å². The van der Waals surface area contributed by atoms with Gasteiger partial charge in [0.25, 0.3) is 5.75 Å². The molecular formula is C25H18ClF3N4O7. The molecule has 0 fully saturated rings. The first-order valence-electron chi connectivity index (χ1n) is 11.3. The molecule has 208 valence electrons. The topological polar surface area (TPSA) is 137 Å². The number of carbonyl (C=O) groups is 1. The maximum absolute atomic E-state index is 13.3. The molecule has 4 rings (SSSR count). The molecule has 1 heterocycles. The molecule has 15 heteroatoms. The van der Waals surface area contributed by atoms with Crippen LogP contribution in [0.2, 0.25) is 5.02 Å². The van der Waals surface area contributed by atoms with Crippen LogP contribution in [0.5, 0.6) is 17.2 Å². The Balaban J connectivity index is 1.82. The number of methoxy groups -OCH3 is 1. The van der Waals surface area contributed by atoms with Gasteiger partial charge in [-0.25, -0.2) is 5.01 Å². The summed E-state index contributed by atoms with van der Waals surface area (Å²) < 4.78 is 50.8. The quantitative estimate of drug-likeness (QED) is 0.225. The van der Waals surface area contributed by atoms with Gasteiger partial charge in [-0.2, -0.15) is 18.3 Å². The van der Waals surface area contributed by atoms with E-state index in [0.717, 1.165) is 5.01 Å². The average Bonchev–Trinajstić information content (AvgIpc) is 3.34. The van der Waals surface area contributed by atoms with E-state index >= 15 is 0 Å². The van der Waals surface area contributed by atoms with E-state index in [1.165, 1.54) is 32.2 Å². The van der Waals surface area contributed by atoms with E-state index in [1.807, 2.05) is 0 Å². The van der Waals surface area contributed by atoms with E-state index in [-0.39, 0.29) is 34.9 Å². The molecule has 0 saturated carbocycles. The van der Waals surface area contributed by atoms with Crippen molar-refractivity contribution in [3.05, 3.63) is 96.5 Å². The predicted molar refractivity (Wildman–Crippen MR) is 136 cm³/mol. The number of nitro groups is 2. The molecule has 1 aliphatic heterocycles. The van der Waals surface area contributed by atoms with Crippen molar-refractivity contribution in [1.82, 2.24) is 5.01 Å². The van der Waals surface area contributed by atoms with Crippen LogP contribution in [0.25, 0.3) is 0 Å². The van der Waals surface area contributed by atoms with Crippen molar-refractivity contribution >= 4 is 34.6 Å². The van der Waals surface area contributed by atoms with Gasteiger partial charge in [-0.05, 0) is 35.9 Å². The van der Waals surface area contributed by atoms with Gasteiger partial charge in [0.2, 0.25) is 5.91 Å². The summed E-state index contributed by atoms with van der Waals surface area (Å²) >= 11 is 6.34. The lowest BCUT2D eigenvalue weighted by Crippen LogP contribution is -2.24. The molecular weight excluding hydrogens is 561 g/mol. The number of hydrogen-bond donors (Lipinski definition) is 0. The van der Waals surface area contributed by atoms with E-state index in [1.54, 1.807) is 24.3 Å². The molecule has 0 spiro atoms. The molecule has 0 N–H and O–H groups in total. The van der Waals surface area contributed by atoms with Crippen LogP contribution in [0.15, 0.2) is 59.7 Å². The second kappa shape index (κ2) is 10.8. The highest BCUT2D eigenvalue weighted by atomic mass is 35.5. The fourth-order valence-corrected chi connectivity index (χ4v) is 4.36. The monoisotopic (exact) mass is 578 g/mol. The third-order valence-electron chi connectivity index (χ3n) is 5.99. The van der Waals surface area contributed by atoms with Crippen molar-refractivity contribution in [2.45, 2.75) is 25.6 Å². The van der Waals surface area contributed by atoms with Crippen molar-refractivity contribution in [2.75, 3.05) is 7.11 Å². The van der Waals surface area contributed by atoms with Crippen LogP contribution in [0.3, 0.4) is 0 Å². The number of halogens is 4. The number of rotatable bonds is 7. The van der Waals surface area contributed by atoms with E-state index in [9.17, 15) is 38.2 Å². The maximum Gasteiger partial charge on any atom is 0.416 e. The zero-order valence-electron chi connectivity index (χ0n) is 20.6. The molecule has 1 unspecified atom stereocenters. The van der Waals surface area contributed by atoms with Gasteiger partial charge in [0.1, 0.15) is 5.75 Å². The fraction of sp³-hybridized carbons (Fsp3) is 0.200. The molecule has 11 nitrogen and oxygen atoms in total. The standard InChI is InChI=1S/C25H18ClF3N4O7/c1-13(34)31-20(12-19(30-31)14-6-8-16(39-2)9-7-14)17-4-3-5-18(26)23(17)40-24-21(32(35)36)10-15(25(27,28)29)11-22(24)33(37)38/h3-11,20H,12H2,1-2H3. The lowest BCUT2D eigenvalue weighted by molar-refractivity contribution is -0.396. The summed E-state index contributed by atoms with van der Waals surface area (Å²) in [7, 11) is 1.50. The molecule has 0 bridgehead atoms. The predicted octanol–water partition coefficient (Wildman–Crippen LogP) is 6.67. The molecule has 0 saturated heterocycles. The summed E-state index contributed by atoms with van der Waals surface area (Å²) in [6.45, 7) is 1.25. The molecule has 1 atom stereocenters. The molecule has 3 aromatic carbocycles. The van der Waals surface area contributed by atoms with Gasteiger partial charge in [-0.1, -0.05) is 23.7 Å². The Kier molecular flexibility index (Phi) is 7.64. The van der Waals surface area contributed by atoms with E-state index in [2.05, 4.69) is 5.10 Å². The Morgan fingerprint density at radius 1 is 1.05 bits per heavy atom. The number of ether oxygens (including phenoxy) is 2. The third kappa shape index (κ3) is 5.52. The summed E-state index contributed by atoms with van der Waals surface area (Å²) in [5.41, 5.74) is -2.88. The van der Waals surface area contributed by atoms with E-state index in [4.69, 9.17) is 21.1 Å². The first kappa shape index (κ1) is 28.3. The Morgan fingerprint density at radius 3 is 2.15 bits per heavy atom. The number of amides is 1. The Hall–Kier alpha value is -4.72. The molecule has 0 aromatic heterocycles. The lowest BCUT2D eigenvalue weighted by atomic mass is 9.97. The maximum atomic E-state index is 13.3. The number of hydrogen-bond acceptors (Lipinski definition) is 8. The fourth-order valence-electron chi connectivity index (χ4n) is 4.14. The normalized spacial score (nSPS) is 15.0. The largest absolute Gasteiger partial charge is 0.497 e. The number of nitro benzene ring substituents is 2. The van der Waals surface area contributed by atoms with Crippen LogP contribution >= 0.6 is 11.6 Å². The molecule has 1 amide bonds. The van der Waals surface area contributed by atoms with Crippen LogP contribution in [-0.4, -0.2) is 33.6 Å². The minimum atomic E-state index is -5.11. The van der Waals surface area contributed by atoms with Crippen molar-refractivity contribution in [3.63, 3.8) is 0 Å². The number of benzene rings is 3. The van der Waals surface area contributed by atoms with Crippen LogP contribution in [-0.2, 0) is 11.0 Å². The van der Waals surface area contributed by atoms with E-state index < -0.39 is 50.7 Å². The van der Waals surface area contributed by atoms with Crippen LogP contribution in [0.1, 0.15) is 36.1 Å². The van der Waals surface area contributed by atoms with E-state index in [0.29, 0.717) is 17.0 Å². The minimum Gasteiger partial charge on any atom is -0.497 e. The Bertz CT molecular complexity index is 1510. The highest BCUT2D eigenvalue weighted by Crippen LogP contribution is 2.48. The first-order chi connectivity index (χ1) is 18.8. The number of hydrazone groups is 1. The molecule has 0 aliphatic carbocycles. The van der Waals surface area contributed by atoms with Gasteiger partial charge >= 0.3 is 17.6 Å². The van der Waals surface area contributed by atoms with Crippen molar-refractivity contribution < 1.29 is 37.3 Å². The second-order valence-corrected chi connectivity index (χ2v) is 8.88. The number of nitrogens with zero attached hydrogens (tertiary/aromatic N) is 4. The zero-order valence-corrected chi connectivity index (χ0v) is 21.4. The van der Waals surface area contributed by atoms with Crippen LogP contribution < -0.4 is 9.47 Å². The smallest absolute Gasteiger partial charge is 0.416 e.